The van der Waals surface area contributed by atoms with Crippen LogP contribution in [-0.4, -0.2) is 20.9 Å². The van der Waals surface area contributed by atoms with E-state index in [0.717, 1.165) is 0 Å². The summed E-state index contributed by atoms with van der Waals surface area (Å²) in [6, 6.07) is 12.7. The van der Waals surface area contributed by atoms with Crippen LogP contribution in [0.2, 0.25) is 0 Å². The Bertz CT molecular complexity index is 884. The van der Waals surface area contributed by atoms with Crippen LogP contribution >= 0.6 is 0 Å². The molecule has 3 rings (SSSR count). The Hall–Kier alpha value is -3.35. The maximum absolute atomic E-state index is 11.4. The van der Waals surface area contributed by atoms with E-state index in [1.807, 2.05) is 0 Å². The molecule has 0 bridgehead atoms. The summed E-state index contributed by atoms with van der Waals surface area (Å²) >= 11 is 0. The van der Waals surface area contributed by atoms with Gasteiger partial charge in [0.25, 0.3) is 5.69 Å². The molecule has 23 heavy (non-hydrogen) atoms. The number of aromatic nitrogens is 2. The van der Waals surface area contributed by atoms with Crippen LogP contribution in [-0.2, 0) is 0 Å². The molecule has 0 amide bonds. The molecule has 7 heteroatoms. The lowest BCUT2D eigenvalue weighted by atomic mass is 10.1. The highest BCUT2D eigenvalue weighted by Crippen LogP contribution is 2.25. The van der Waals surface area contributed by atoms with Crippen LogP contribution in [0.4, 0.5) is 5.69 Å². The molecule has 2 aromatic carbocycles. The summed E-state index contributed by atoms with van der Waals surface area (Å²) in [7, 11) is 0. The molecule has 0 saturated heterocycles. The van der Waals surface area contributed by atoms with Gasteiger partial charge in [0.15, 0.2) is 5.78 Å². The van der Waals surface area contributed by atoms with Crippen LogP contribution in [0.15, 0.2) is 52.9 Å². The topological polar surface area (TPSA) is 99.1 Å². The summed E-state index contributed by atoms with van der Waals surface area (Å²) in [6.45, 7) is 1.48. The van der Waals surface area contributed by atoms with Crippen LogP contribution in [0, 0.1) is 10.1 Å². The van der Waals surface area contributed by atoms with Crippen molar-refractivity contribution in [1.82, 2.24) is 10.2 Å². The molecule has 3 aromatic rings. The second-order valence-corrected chi connectivity index (χ2v) is 4.85. The van der Waals surface area contributed by atoms with Gasteiger partial charge in [-0.15, -0.1) is 10.2 Å². The summed E-state index contributed by atoms with van der Waals surface area (Å²) in [5.41, 5.74) is 1.76. The summed E-state index contributed by atoms with van der Waals surface area (Å²) < 4.78 is 5.59. The highest BCUT2D eigenvalue weighted by atomic mass is 16.6. The van der Waals surface area contributed by atoms with Gasteiger partial charge in [-0.05, 0) is 31.2 Å². The van der Waals surface area contributed by atoms with Gasteiger partial charge >= 0.3 is 0 Å². The number of nitrogens with zero attached hydrogens (tertiary/aromatic N) is 3. The monoisotopic (exact) mass is 309 g/mol. The number of carbonyl (C=O) groups is 1. The molecule has 0 saturated carbocycles. The van der Waals surface area contributed by atoms with Gasteiger partial charge in [0.1, 0.15) is 0 Å². The predicted octanol–water partition coefficient (Wildman–Crippen LogP) is 3.51. The van der Waals surface area contributed by atoms with Gasteiger partial charge in [0, 0.05) is 28.8 Å². The SMILES string of the molecule is CC(=O)c1cccc(-c2nnc(-c3ccc([N+](=O)[O-])cc3)o2)c1. The number of benzene rings is 2. The fourth-order valence-corrected chi connectivity index (χ4v) is 2.05. The molecule has 0 radical (unpaired) electrons. The standard InChI is InChI=1S/C16H11N3O4/c1-10(20)12-3-2-4-13(9-12)16-18-17-15(23-16)11-5-7-14(8-6-11)19(21)22/h2-9H,1H3. The molecule has 0 unspecified atom stereocenters. The zero-order valence-electron chi connectivity index (χ0n) is 12.1. The molecule has 0 aliphatic rings. The van der Waals surface area contributed by atoms with Crippen molar-refractivity contribution >= 4 is 11.5 Å². The average molecular weight is 309 g/mol. The number of carbonyl (C=O) groups excluding carboxylic acids is 1. The highest BCUT2D eigenvalue weighted by Gasteiger charge is 2.13. The third-order valence-electron chi connectivity index (χ3n) is 3.27. The van der Waals surface area contributed by atoms with E-state index >= 15 is 0 Å². The molecule has 7 nitrogen and oxygen atoms in total. The molecule has 0 fully saturated rings. The number of hydrogen-bond donors (Lipinski definition) is 0. The van der Waals surface area contributed by atoms with Gasteiger partial charge < -0.3 is 4.42 Å². The van der Waals surface area contributed by atoms with E-state index in [1.165, 1.54) is 19.1 Å². The van der Waals surface area contributed by atoms with Crippen molar-refractivity contribution in [2.24, 2.45) is 0 Å². The van der Waals surface area contributed by atoms with E-state index in [9.17, 15) is 14.9 Å². The van der Waals surface area contributed by atoms with Crippen molar-refractivity contribution in [3.8, 4) is 22.9 Å². The van der Waals surface area contributed by atoms with Gasteiger partial charge in [-0.2, -0.15) is 0 Å². The summed E-state index contributed by atoms with van der Waals surface area (Å²) in [5, 5.41) is 18.6. The van der Waals surface area contributed by atoms with Crippen LogP contribution in [0.5, 0.6) is 0 Å². The summed E-state index contributed by atoms with van der Waals surface area (Å²) in [6.07, 6.45) is 0. The number of ketones is 1. The molecule has 114 valence electrons. The molecule has 0 aliphatic heterocycles. The molecule has 0 aliphatic carbocycles. The van der Waals surface area contributed by atoms with Crippen LogP contribution in [0.25, 0.3) is 22.9 Å². The van der Waals surface area contributed by atoms with Crippen molar-refractivity contribution in [3.05, 3.63) is 64.2 Å². The van der Waals surface area contributed by atoms with Crippen molar-refractivity contribution in [3.63, 3.8) is 0 Å². The van der Waals surface area contributed by atoms with E-state index in [2.05, 4.69) is 10.2 Å². The molecular weight excluding hydrogens is 298 g/mol. The molecule has 0 N–H and O–H groups in total. The second-order valence-electron chi connectivity index (χ2n) is 4.85. The number of nitro groups is 1. The molecule has 0 spiro atoms. The Labute approximate surface area is 130 Å². The smallest absolute Gasteiger partial charge is 0.269 e. The van der Waals surface area contributed by atoms with E-state index in [1.54, 1.807) is 36.4 Å². The van der Waals surface area contributed by atoms with Gasteiger partial charge in [-0.1, -0.05) is 12.1 Å². The number of nitro benzene ring substituents is 1. The average Bonchev–Trinajstić information content (AvgIpc) is 3.05. The van der Waals surface area contributed by atoms with Crippen molar-refractivity contribution < 1.29 is 14.1 Å². The Kier molecular flexibility index (Phi) is 3.68. The third kappa shape index (κ3) is 2.98. The number of non-ortho nitro benzene ring substituents is 1. The Balaban J connectivity index is 1.92. The van der Waals surface area contributed by atoms with E-state index < -0.39 is 4.92 Å². The predicted molar refractivity (Wildman–Crippen MR) is 81.8 cm³/mol. The maximum atomic E-state index is 11.4. The number of hydrogen-bond acceptors (Lipinski definition) is 6. The zero-order valence-corrected chi connectivity index (χ0v) is 12.1. The Morgan fingerprint density at radius 1 is 1.04 bits per heavy atom. The van der Waals surface area contributed by atoms with E-state index in [4.69, 9.17) is 4.42 Å². The number of Topliss-reactive ketones (excluding diaryl/α,β-unsaturated/α-hetero) is 1. The minimum absolute atomic E-state index is 0.0114. The van der Waals surface area contributed by atoms with Crippen molar-refractivity contribution in [1.29, 1.82) is 0 Å². The number of rotatable bonds is 4. The van der Waals surface area contributed by atoms with Gasteiger partial charge in [-0.3, -0.25) is 14.9 Å². The lowest BCUT2D eigenvalue weighted by molar-refractivity contribution is -0.384. The summed E-state index contributed by atoms with van der Waals surface area (Å²) in [5.74, 6) is 0.478. The Morgan fingerprint density at radius 3 is 2.30 bits per heavy atom. The van der Waals surface area contributed by atoms with Gasteiger partial charge in [0.2, 0.25) is 11.8 Å². The van der Waals surface area contributed by atoms with Gasteiger partial charge in [-0.25, -0.2) is 0 Å². The largest absolute Gasteiger partial charge is 0.416 e. The zero-order chi connectivity index (χ0) is 16.4. The third-order valence-corrected chi connectivity index (χ3v) is 3.27. The minimum Gasteiger partial charge on any atom is -0.416 e. The van der Waals surface area contributed by atoms with Gasteiger partial charge in [0.05, 0.1) is 4.92 Å². The lowest BCUT2D eigenvalue weighted by Gasteiger charge is -1.98. The first kappa shape index (κ1) is 14.6. The molecule has 1 heterocycles. The normalized spacial score (nSPS) is 10.5. The fourth-order valence-electron chi connectivity index (χ4n) is 2.05. The van der Waals surface area contributed by atoms with Crippen molar-refractivity contribution in [2.75, 3.05) is 0 Å². The maximum Gasteiger partial charge on any atom is 0.269 e. The van der Waals surface area contributed by atoms with E-state index in [-0.39, 0.29) is 23.3 Å². The van der Waals surface area contributed by atoms with Crippen LogP contribution in [0.3, 0.4) is 0 Å². The molecule has 1 aromatic heterocycles. The quantitative estimate of drug-likeness (QED) is 0.415. The fraction of sp³-hybridized carbons (Fsp3) is 0.0625. The first-order chi connectivity index (χ1) is 11.0. The molecule has 0 atom stereocenters. The minimum atomic E-state index is -0.476. The van der Waals surface area contributed by atoms with Crippen LogP contribution in [0.1, 0.15) is 17.3 Å². The Morgan fingerprint density at radius 2 is 1.70 bits per heavy atom. The first-order valence-corrected chi connectivity index (χ1v) is 6.74. The summed E-state index contributed by atoms with van der Waals surface area (Å²) in [4.78, 5) is 21.6. The van der Waals surface area contributed by atoms with Crippen LogP contribution < -0.4 is 0 Å². The molecular formula is C16H11N3O4. The second kappa shape index (κ2) is 5.80. The van der Waals surface area contributed by atoms with Crippen molar-refractivity contribution in [2.45, 2.75) is 6.92 Å². The first-order valence-electron chi connectivity index (χ1n) is 6.74. The lowest BCUT2D eigenvalue weighted by Crippen LogP contribution is -1.91. The highest BCUT2D eigenvalue weighted by molar-refractivity contribution is 5.95. The van der Waals surface area contributed by atoms with E-state index in [0.29, 0.717) is 16.7 Å².